The van der Waals surface area contributed by atoms with Crippen molar-refractivity contribution < 1.29 is 22.7 Å². The maximum Gasteiger partial charge on any atom is 0.410 e. The minimum absolute atomic E-state index is 0.110. The van der Waals surface area contributed by atoms with Crippen LogP contribution in [0.25, 0.3) is 5.57 Å². The molecule has 1 fully saturated rings. The fourth-order valence-corrected chi connectivity index (χ4v) is 5.68. The molecule has 1 aromatic rings. The lowest BCUT2D eigenvalue weighted by Crippen LogP contribution is -2.48. The summed E-state index contributed by atoms with van der Waals surface area (Å²) in [7, 11) is -3.17. The van der Waals surface area contributed by atoms with Crippen LogP contribution in [0.1, 0.15) is 51.3 Å². The van der Waals surface area contributed by atoms with Gasteiger partial charge in [0, 0.05) is 44.1 Å². The summed E-state index contributed by atoms with van der Waals surface area (Å²) in [5.41, 5.74) is 2.81. The van der Waals surface area contributed by atoms with Gasteiger partial charge in [-0.2, -0.15) is 4.31 Å². The van der Waals surface area contributed by atoms with Crippen molar-refractivity contribution in [3.63, 3.8) is 0 Å². The lowest BCUT2D eigenvalue weighted by Gasteiger charge is -2.39. The second-order valence-electron chi connectivity index (χ2n) is 9.56. The van der Waals surface area contributed by atoms with Gasteiger partial charge in [-0.3, -0.25) is 4.98 Å². The number of aromatic nitrogens is 1. The minimum atomic E-state index is -3.17. The van der Waals surface area contributed by atoms with E-state index in [4.69, 9.17) is 9.47 Å². The number of likely N-dealkylation sites (tertiary alicyclic amines) is 1. The highest BCUT2D eigenvalue weighted by Gasteiger charge is 2.44. The molecule has 3 aliphatic heterocycles. The molecule has 176 valence electrons. The van der Waals surface area contributed by atoms with Crippen LogP contribution >= 0.6 is 0 Å². The van der Waals surface area contributed by atoms with E-state index in [0.29, 0.717) is 38.5 Å². The molecule has 8 nitrogen and oxygen atoms in total. The molecule has 0 bridgehead atoms. The summed E-state index contributed by atoms with van der Waals surface area (Å²) in [5, 5.41) is 0. The molecule has 0 N–H and O–H groups in total. The smallest absolute Gasteiger partial charge is 0.410 e. The Labute approximate surface area is 190 Å². The largest absolute Gasteiger partial charge is 0.485 e. The lowest BCUT2D eigenvalue weighted by molar-refractivity contribution is 0.00552. The van der Waals surface area contributed by atoms with E-state index in [0.717, 1.165) is 41.8 Å². The molecular weight excluding hydrogens is 430 g/mol. The Morgan fingerprint density at radius 1 is 1.28 bits per heavy atom. The highest BCUT2D eigenvalue weighted by atomic mass is 32.2. The third-order valence-corrected chi connectivity index (χ3v) is 8.03. The molecule has 0 aromatic carbocycles. The Morgan fingerprint density at radius 3 is 2.59 bits per heavy atom. The van der Waals surface area contributed by atoms with Crippen LogP contribution in [0.5, 0.6) is 5.75 Å². The zero-order valence-electron chi connectivity index (χ0n) is 19.3. The van der Waals surface area contributed by atoms with Gasteiger partial charge in [-0.15, -0.1) is 0 Å². The van der Waals surface area contributed by atoms with Crippen LogP contribution in [-0.2, 0) is 21.2 Å². The van der Waals surface area contributed by atoms with Gasteiger partial charge in [0.15, 0.2) is 0 Å². The summed E-state index contributed by atoms with van der Waals surface area (Å²) in [6.07, 6.45) is 7.88. The molecule has 0 saturated carbocycles. The van der Waals surface area contributed by atoms with E-state index >= 15 is 0 Å². The van der Waals surface area contributed by atoms with Crippen molar-refractivity contribution >= 4 is 21.7 Å². The molecule has 4 heterocycles. The average molecular weight is 464 g/mol. The van der Waals surface area contributed by atoms with Crippen LogP contribution in [0, 0.1) is 5.92 Å². The van der Waals surface area contributed by atoms with Gasteiger partial charge in [0.05, 0.1) is 24.3 Å². The first-order valence-corrected chi connectivity index (χ1v) is 13.2. The molecule has 1 atom stereocenters. The zero-order chi connectivity index (χ0) is 23.1. The van der Waals surface area contributed by atoms with Crippen molar-refractivity contribution in [1.29, 1.82) is 0 Å². The van der Waals surface area contributed by atoms with Crippen molar-refractivity contribution in [3.05, 3.63) is 29.6 Å². The van der Waals surface area contributed by atoms with Crippen LogP contribution in [-0.4, -0.2) is 72.8 Å². The number of piperidine rings is 1. The van der Waals surface area contributed by atoms with E-state index < -0.39 is 10.0 Å². The Kier molecular flexibility index (Phi) is 6.24. The third kappa shape index (κ3) is 4.78. The minimum Gasteiger partial charge on any atom is -0.485 e. The van der Waals surface area contributed by atoms with Crippen molar-refractivity contribution in [1.82, 2.24) is 14.2 Å². The van der Waals surface area contributed by atoms with Crippen molar-refractivity contribution in [2.75, 3.05) is 32.4 Å². The SMILES string of the molecule is CC(C)OC(=O)N1CCC(C2(C)Cc3cc(C4=CCN(S(C)(=O)=O)CC4)ncc3O2)CC1. The topological polar surface area (TPSA) is 89.0 Å². The lowest BCUT2D eigenvalue weighted by atomic mass is 9.79. The van der Waals surface area contributed by atoms with Gasteiger partial charge in [0.1, 0.15) is 11.4 Å². The first-order valence-electron chi connectivity index (χ1n) is 11.3. The van der Waals surface area contributed by atoms with Crippen molar-refractivity contribution in [2.24, 2.45) is 5.92 Å². The van der Waals surface area contributed by atoms with Crippen LogP contribution in [0.2, 0.25) is 0 Å². The number of carbonyl (C=O) groups excluding carboxylic acids is 1. The number of rotatable bonds is 4. The summed E-state index contributed by atoms with van der Waals surface area (Å²) in [6, 6.07) is 2.09. The quantitative estimate of drug-likeness (QED) is 0.682. The molecule has 1 aromatic heterocycles. The highest BCUT2D eigenvalue weighted by molar-refractivity contribution is 7.88. The molecule has 4 rings (SSSR count). The number of fused-ring (bicyclic) bond motifs is 1. The predicted molar refractivity (Wildman–Crippen MR) is 122 cm³/mol. The van der Waals surface area contributed by atoms with E-state index in [1.807, 2.05) is 19.9 Å². The number of amides is 1. The molecule has 1 saturated heterocycles. The second-order valence-corrected chi connectivity index (χ2v) is 11.5. The van der Waals surface area contributed by atoms with E-state index in [1.54, 1.807) is 11.1 Å². The molecule has 0 spiro atoms. The summed E-state index contributed by atoms with van der Waals surface area (Å²) < 4.78 is 36.7. The molecule has 3 aliphatic rings. The molecule has 0 radical (unpaired) electrons. The maximum atomic E-state index is 12.2. The zero-order valence-corrected chi connectivity index (χ0v) is 20.2. The van der Waals surface area contributed by atoms with Gasteiger partial charge in [0.2, 0.25) is 10.0 Å². The number of hydrogen-bond acceptors (Lipinski definition) is 6. The number of nitrogens with zero attached hydrogens (tertiary/aromatic N) is 3. The number of pyridine rings is 1. The van der Waals surface area contributed by atoms with Crippen molar-refractivity contribution in [3.8, 4) is 5.75 Å². The van der Waals surface area contributed by atoms with Crippen molar-refractivity contribution in [2.45, 2.75) is 58.2 Å². The fourth-order valence-electron chi connectivity index (χ4n) is 4.92. The fraction of sp³-hybridized carbons (Fsp3) is 0.652. The Bertz CT molecular complexity index is 1010. The number of carbonyl (C=O) groups is 1. The second kappa shape index (κ2) is 8.67. The van der Waals surface area contributed by atoms with Gasteiger partial charge < -0.3 is 14.4 Å². The first kappa shape index (κ1) is 23.0. The van der Waals surface area contributed by atoms with Crippen LogP contribution in [0.4, 0.5) is 4.79 Å². The first-order chi connectivity index (χ1) is 15.0. The molecule has 1 unspecified atom stereocenters. The van der Waals surface area contributed by atoms with E-state index in [1.165, 1.54) is 10.6 Å². The predicted octanol–water partition coefficient (Wildman–Crippen LogP) is 3.08. The average Bonchev–Trinajstić information content (AvgIpc) is 3.09. The highest BCUT2D eigenvalue weighted by Crippen LogP contribution is 2.43. The van der Waals surface area contributed by atoms with Crippen LogP contribution < -0.4 is 4.74 Å². The third-order valence-electron chi connectivity index (χ3n) is 6.76. The molecule has 9 heteroatoms. The van der Waals surface area contributed by atoms with E-state index in [2.05, 4.69) is 18.0 Å². The van der Waals surface area contributed by atoms with Gasteiger partial charge in [-0.05, 0) is 51.7 Å². The monoisotopic (exact) mass is 463 g/mol. The standard InChI is InChI=1S/C23H33N3O5S/c1-16(2)30-22(27)25-9-7-19(8-10-25)23(3)14-18-13-20(24-15-21(18)31-23)17-5-11-26(12-6-17)32(4,28)29/h5,13,15-16,19H,6-12,14H2,1-4H3. The van der Waals surface area contributed by atoms with Gasteiger partial charge >= 0.3 is 6.09 Å². The summed E-state index contributed by atoms with van der Waals surface area (Å²) in [6.45, 7) is 8.11. The Hall–Kier alpha value is -2.13. The molecule has 32 heavy (non-hydrogen) atoms. The maximum absolute atomic E-state index is 12.2. The molecule has 1 amide bonds. The van der Waals surface area contributed by atoms with Gasteiger partial charge in [-0.25, -0.2) is 13.2 Å². The summed E-state index contributed by atoms with van der Waals surface area (Å²) >= 11 is 0. The molecule has 0 aliphatic carbocycles. The number of sulfonamides is 1. The van der Waals surface area contributed by atoms with E-state index in [-0.39, 0.29) is 17.8 Å². The Morgan fingerprint density at radius 2 is 2.00 bits per heavy atom. The number of hydrogen-bond donors (Lipinski definition) is 0. The van der Waals surface area contributed by atoms with Crippen LogP contribution in [0.15, 0.2) is 18.3 Å². The summed E-state index contributed by atoms with van der Waals surface area (Å²) in [5.74, 6) is 1.17. The van der Waals surface area contributed by atoms with Gasteiger partial charge in [0.25, 0.3) is 0 Å². The molecular formula is C23H33N3O5S. The van der Waals surface area contributed by atoms with Gasteiger partial charge in [-0.1, -0.05) is 6.08 Å². The van der Waals surface area contributed by atoms with Crippen LogP contribution in [0.3, 0.4) is 0 Å². The Balaban J connectivity index is 1.40. The van der Waals surface area contributed by atoms with E-state index in [9.17, 15) is 13.2 Å². The normalized spacial score (nSPS) is 24.8. The summed E-state index contributed by atoms with van der Waals surface area (Å²) in [4.78, 5) is 18.6. The number of ether oxygens (including phenoxy) is 2.